The fraction of sp³-hybridized carbons (Fsp3) is 0.385. The second kappa shape index (κ2) is 3.81. The number of ether oxygens (including phenoxy) is 1. The molecule has 1 saturated heterocycles. The first-order chi connectivity index (χ1) is 8.60. The number of hydrogen-bond donors (Lipinski definition) is 2. The van der Waals surface area contributed by atoms with Crippen molar-refractivity contribution in [2.45, 2.75) is 25.4 Å². The Hall–Kier alpha value is -1.88. The van der Waals surface area contributed by atoms with Crippen LogP contribution in [0.3, 0.4) is 0 Å². The number of H-pyrrole nitrogens is 1. The zero-order valence-corrected chi connectivity index (χ0v) is 10.1. The van der Waals surface area contributed by atoms with Gasteiger partial charge in [0.2, 0.25) is 0 Å². The lowest BCUT2D eigenvalue weighted by molar-refractivity contribution is 0.0103. The largest absolute Gasteiger partial charge is 0.478 e. The normalized spacial score (nSPS) is 23.6. The molecule has 0 bridgehead atoms. The average molecular weight is 246 g/mol. The topological polar surface area (TPSA) is 75.2 Å². The fourth-order valence-electron chi connectivity index (χ4n) is 2.42. The van der Waals surface area contributed by atoms with E-state index in [0.29, 0.717) is 11.3 Å². The highest BCUT2D eigenvalue weighted by Gasteiger charge is 2.35. The number of aromatic carboxylic acids is 1. The van der Waals surface area contributed by atoms with Crippen LogP contribution < -0.4 is 0 Å². The maximum atomic E-state index is 11.1. The minimum atomic E-state index is -0.962. The number of carboxylic acids is 1. The monoisotopic (exact) mass is 246 g/mol. The highest BCUT2D eigenvalue weighted by Crippen LogP contribution is 2.35. The van der Waals surface area contributed by atoms with Crippen molar-refractivity contribution in [2.24, 2.45) is 0 Å². The maximum absolute atomic E-state index is 11.1. The van der Waals surface area contributed by atoms with E-state index in [1.165, 1.54) is 0 Å². The Morgan fingerprint density at radius 1 is 1.56 bits per heavy atom. The molecule has 94 valence electrons. The second-order valence-electron chi connectivity index (χ2n) is 4.78. The first kappa shape index (κ1) is 11.2. The number of benzene rings is 1. The summed E-state index contributed by atoms with van der Waals surface area (Å²) in [6.45, 7) is 2.71. The van der Waals surface area contributed by atoms with Crippen LogP contribution in [0.1, 0.15) is 35.9 Å². The number of aromatic nitrogens is 2. The van der Waals surface area contributed by atoms with Crippen molar-refractivity contribution < 1.29 is 14.6 Å². The van der Waals surface area contributed by atoms with Gasteiger partial charge in [0.05, 0.1) is 11.1 Å². The van der Waals surface area contributed by atoms with Crippen molar-refractivity contribution in [3.05, 3.63) is 29.6 Å². The van der Waals surface area contributed by atoms with Crippen LogP contribution in [0.5, 0.6) is 0 Å². The SMILES string of the molecule is CC1(c2nc3c(C(=O)O)cccc3[nH]2)CCCO1. The Balaban J connectivity index is 2.16. The molecule has 2 aromatic rings. The van der Waals surface area contributed by atoms with Crippen molar-refractivity contribution in [1.82, 2.24) is 9.97 Å². The number of hydrogen-bond acceptors (Lipinski definition) is 3. The van der Waals surface area contributed by atoms with Crippen molar-refractivity contribution in [3.63, 3.8) is 0 Å². The number of nitrogens with one attached hydrogen (secondary N) is 1. The standard InChI is InChI=1S/C13H14N2O3/c1-13(6-3-7-18-13)12-14-9-5-2-4-8(11(16)17)10(9)15-12/h2,4-5H,3,6-7H2,1H3,(H,14,15)(H,16,17). The summed E-state index contributed by atoms with van der Waals surface area (Å²) >= 11 is 0. The number of nitrogens with zero attached hydrogens (tertiary/aromatic N) is 1. The van der Waals surface area contributed by atoms with Gasteiger partial charge in [-0.2, -0.15) is 0 Å². The minimum absolute atomic E-state index is 0.219. The summed E-state index contributed by atoms with van der Waals surface area (Å²) in [7, 11) is 0. The molecular formula is C13H14N2O3. The zero-order valence-electron chi connectivity index (χ0n) is 10.1. The highest BCUT2D eigenvalue weighted by molar-refractivity contribution is 6.00. The van der Waals surface area contributed by atoms with Crippen molar-refractivity contribution in [1.29, 1.82) is 0 Å². The number of fused-ring (bicyclic) bond motifs is 1. The number of imidazole rings is 1. The molecule has 0 aliphatic carbocycles. The van der Waals surface area contributed by atoms with Gasteiger partial charge in [0.1, 0.15) is 16.9 Å². The molecular weight excluding hydrogens is 232 g/mol. The third-order valence-corrected chi connectivity index (χ3v) is 3.46. The van der Waals surface area contributed by atoms with Gasteiger partial charge in [-0.25, -0.2) is 9.78 Å². The zero-order chi connectivity index (χ0) is 12.8. The van der Waals surface area contributed by atoms with Crippen LogP contribution in [-0.4, -0.2) is 27.7 Å². The Bertz CT molecular complexity index is 612. The van der Waals surface area contributed by atoms with E-state index in [9.17, 15) is 4.79 Å². The Kier molecular flexibility index (Phi) is 2.38. The van der Waals surface area contributed by atoms with Crippen LogP contribution in [0.15, 0.2) is 18.2 Å². The van der Waals surface area contributed by atoms with E-state index >= 15 is 0 Å². The molecule has 1 atom stereocenters. The summed E-state index contributed by atoms with van der Waals surface area (Å²) in [4.78, 5) is 18.7. The van der Waals surface area contributed by atoms with Gasteiger partial charge in [0, 0.05) is 6.61 Å². The van der Waals surface area contributed by atoms with Crippen LogP contribution in [0.25, 0.3) is 11.0 Å². The molecule has 1 aliphatic rings. The van der Waals surface area contributed by atoms with Gasteiger partial charge in [-0.3, -0.25) is 0 Å². The highest BCUT2D eigenvalue weighted by atomic mass is 16.5. The first-order valence-electron chi connectivity index (χ1n) is 5.97. The molecule has 0 radical (unpaired) electrons. The predicted molar refractivity (Wildman–Crippen MR) is 65.6 cm³/mol. The second-order valence-corrected chi connectivity index (χ2v) is 4.78. The summed E-state index contributed by atoms with van der Waals surface area (Å²) in [5.41, 5.74) is 1.03. The Labute approximate surface area is 104 Å². The van der Waals surface area contributed by atoms with E-state index in [2.05, 4.69) is 9.97 Å². The molecule has 0 amide bonds. The number of carbonyl (C=O) groups is 1. The smallest absolute Gasteiger partial charge is 0.337 e. The first-order valence-corrected chi connectivity index (χ1v) is 5.97. The van der Waals surface area contributed by atoms with Gasteiger partial charge in [-0.15, -0.1) is 0 Å². The molecule has 0 spiro atoms. The molecule has 3 rings (SSSR count). The van der Waals surface area contributed by atoms with E-state index in [0.717, 1.165) is 25.0 Å². The summed E-state index contributed by atoms with van der Waals surface area (Å²) in [6.07, 6.45) is 1.90. The predicted octanol–water partition coefficient (Wildman–Crippen LogP) is 2.29. The fourth-order valence-corrected chi connectivity index (χ4v) is 2.42. The Morgan fingerprint density at radius 3 is 3.06 bits per heavy atom. The summed E-state index contributed by atoms with van der Waals surface area (Å²) in [6, 6.07) is 5.11. The van der Waals surface area contributed by atoms with Crippen molar-refractivity contribution >= 4 is 17.0 Å². The van der Waals surface area contributed by atoms with Gasteiger partial charge < -0.3 is 14.8 Å². The van der Waals surface area contributed by atoms with E-state index in [1.54, 1.807) is 12.1 Å². The molecule has 1 aromatic heterocycles. The van der Waals surface area contributed by atoms with Crippen LogP contribution in [0.2, 0.25) is 0 Å². The molecule has 1 aromatic carbocycles. The van der Waals surface area contributed by atoms with E-state index < -0.39 is 11.6 Å². The number of rotatable bonds is 2. The summed E-state index contributed by atoms with van der Waals surface area (Å²) in [5, 5.41) is 9.14. The molecule has 1 aliphatic heterocycles. The van der Waals surface area contributed by atoms with E-state index in [-0.39, 0.29) is 5.56 Å². The molecule has 2 heterocycles. The van der Waals surface area contributed by atoms with Crippen LogP contribution in [0.4, 0.5) is 0 Å². The van der Waals surface area contributed by atoms with Crippen molar-refractivity contribution in [3.8, 4) is 0 Å². The lowest BCUT2D eigenvalue weighted by Gasteiger charge is -2.19. The van der Waals surface area contributed by atoms with Gasteiger partial charge in [-0.1, -0.05) is 6.07 Å². The van der Waals surface area contributed by atoms with Crippen molar-refractivity contribution in [2.75, 3.05) is 6.61 Å². The number of aromatic amines is 1. The van der Waals surface area contributed by atoms with E-state index in [4.69, 9.17) is 9.84 Å². The molecule has 5 heteroatoms. The molecule has 1 fully saturated rings. The third-order valence-electron chi connectivity index (χ3n) is 3.46. The van der Waals surface area contributed by atoms with Crippen LogP contribution in [-0.2, 0) is 10.3 Å². The molecule has 0 saturated carbocycles. The molecule has 2 N–H and O–H groups in total. The third kappa shape index (κ3) is 1.59. The molecule has 18 heavy (non-hydrogen) atoms. The summed E-state index contributed by atoms with van der Waals surface area (Å²) < 4.78 is 5.72. The summed E-state index contributed by atoms with van der Waals surface area (Å²) in [5.74, 6) is -0.250. The lowest BCUT2D eigenvalue weighted by Crippen LogP contribution is -2.21. The quantitative estimate of drug-likeness (QED) is 0.852. The Morgan fingerprint density at radius 2 is 2.39 bits per heavy atom. The van der Waals surface area contributed by atoms with Gasteiger partial charge in [0.25, 0.3) is 0 Å². The minimum Gasteiger partial charge on any atom is -0.478 e. The van der Waals surface area contributed by atoms with Crippen LogP contribution >= 0.6 is 0 Å². The molecule has 5 nitrogen and oxygen atoms in total. The van der Waals surface area contributed by atoms with E-state index in [1.807, 2.05) is 13.0 Å². The maximum Gasteiger partial charge on any atom is 0.337 e. The number of para-hydroxylation sites is 1. The average Bonchev–Trinajstić information content (AvgIpc) is 2.94. The number of carboxylic acid groups (broad SMARTS) is 1. The lowest BCUT2D eigenvalue weighted by atomic mass is 10.0. The van der Waals surface area contributed by atoms with Gasteiger partial charge in [-0.05, 0) is 31.9 Å². The van der Waals surface area contributed by atoms with Crippen LogP contribution in [0, 0.1) is 0 Å². The van der Waals surface area contributed by atoms with Gasteiger partial charge >= 0.3 is 5.97 Å². The molecule has 1 unspecified atom stereocenters. The van der Waals surface area contributed by atoms with Gasteiger partial charge in [0.15, 0.2) is 0 Å².